The number of rotatable bonds is 8. The molecule has 0 spiro atoms. The van der Waals surface area contributed by atoms with Gasteiger partial charge in [-0.1, -0.05) is 48.4 Å². The van der Waals surface area contributed by atoms with Crippen LogP contribution in [0.4, 0.5) is 11.4 Å². The van der Waals surface area contributed by atoms with Gasteiger partial charge in [-0.2, -0.15) is 0 Å². The summed E-state index contributed by atoms with van der Waals surface area (Å²) < 4.78 is 6.17. The molecule has 0 aliphatic carbocycles. The normalized spacial score (nSPS) is 10.8. The van der Waals surface area contributed by atoms with Crippen LogP contribution < -0.4 is 16.2 Å². The van der Waals surface area contributed by atoms with Crippen LogP contribution in [0.25, 0.3) is 4.96 Å². The van der Waals surface area contributed by atoms with Crippen LogP contribution in [0.2, 0.25) is 0 Å². The number of carbonyl (C=O) groups is 3. The van der Waals surface area contributed by atoms with Crippen LogP contribution in [0.3, 0.4) is 0 Å². The van der Waals surface area contributed by atoms with E-state index in [1.54, 1.807) is 37.3 Å². The summed E-state index contributed by atoms with van der Waals surface area (Å²) in [4.78, 5) is 56.8. The third-order valence-corrected chi connectivity index (χ3v) is 6.48. The van der Waals surface area contributed by atoms with Gasteiger partial charge in [0.2, 0.25) is 0 Å². The smallest absolute Gasteiger partial charge is 0.338 e. The van der Waals surface area contributed by atoms with Crippen molar-refractivity contribution in [1.82, 2.24) is 9.38 Å². The lowest BCUT2D eigenvalue weighted by atomic mass is 10.2. The largest absolute Gasteiger partial charge is 0.462 e. The van der Waals surface area contributed by atoms with E-state index in [-0.39, 0.29) is 27.7 Å². The standard InChI is InChI=1S/C27H26N4O5S/c1-4-7-19-15-21(32)31-22(24(33)29-20-9-6-8-17(14-20)26(35)36-5-2)23(37-27(31)30-19)25(34)28-18-12-10-16(3)11-13-18/h6,8-15H,4-5,7H2,1-3H3,(H,28,34)(H,29,33). The molecular weight excluding hydrogens is 492 g/mol. The lowest BCUT2D eigenvalue weighted by molar-refractivity contribution is 0.0526. The number of nitrogens with zero attached hydrogens (tertiary/aromatic N) is 2. The van der Waals surface area contributed by atoms with Gasteiger partial charge in [0.05, 0.1) is 12.2 Å². The number of amides is 2. The van der Waals surface area contributed by atoms with E-state index < -0.39 is 23.3 Å². The number of hydrogen-bond acceptors (Lipinski definition) is 7. The Morgan fingerprint density at radius 2 is 1.70 bits per heavy atom. The highest BCUT2D eigenvalue weighted by atomic mass is 32.1. The second-order valence-corrected chi connectivity index (χ2v) is 9.29. The maximum atomic E-state index is 13.5. The van der Waals surface area contributed by atoms with Gasteiger partial charge < -0.3 is 15.4 Å². The molecule has 0 unspecified atom stereocenters. The van der Waals surface area contributed by atoms with Crippen LogP contribution in [-0.2, 0) is 11.2 Å². The van der Waals surface area contributed by atoms with E-state index in [0.717, 1.165) is 27.7 Å². The zero-order chi connectivity index (χ0) is 26.5. The summed E-state index contributed by atoms with van der Waals surface area (Å²) in [7, 11) is 0. The van der Waals surface area contributed by atoms with Crippen LogP contribution in [0.15, 0.2) is 59.4 Å². The van der Waals surface area contributed by atoms with Crippen molar-refractivity contribution in [1.29, 1.82) is 0 Å². The highest BCUT2D eigenvalue weighted by Gasteiger charge is 2.27. The quantitative estimate of drug-likeness (QED) is 0.327. The van der Waals surface area contributed by atoms with Crippen molar-refractivity contribution in [3.63, 3.8) is 0 Å². The molecule has 10 heteroatoms. The van der Waals surface area contributed by atoms with Crippen LogP contribution in [0.1, 0.15) is 62.0 Å². The van der Waals surface area contributed by atoms with Crippen molar-refractivity contribution >= 4 is 45.5 Å². The number of aromatic nitrogens is 2. The minimum Gasteiger partial charge on any atom is -0.462 e. The van der Waals surface area contributed by atoms with Gasteiger partial charge in [-0.3, -0.25) is 14.4 Å². The van der Waals surface area contributed by atoms with Gasteiger partial charge in [0, 0.05) is 23.1 Å². The predicted molar refractivity (Wildman–Crippen MR) is 143 cm³/mol. The molecule has 2 heterocycles. The van der Waals surface area contributed by atoms with Gasteiger partial charge in [-0.25, -0.2) is 14.2 Å². The minimum absolute atomic E-state index is 0.0397. The summed E-state index contributed by atoms with van der Waals surface area (Å²) in [6.45, 7) is 5.82. The molecule has 0 saturated heterocycles. The van der Waals surface area contributed by atoms with Gasteiger partial charge in [0.1, 0.15) is 10.6 Å². The molecule has 0 bridgehead atoms. The SMILES string of the molecule is CCCc1cc(=O)n2c(C(=O)Nc3cccc(C(=O)OCC)c3)c(C(=O)Nc3ccc(C)cc3)sc2n1. The van der Waals surface area contributed by atoms with Gasteiger partial charge in [-0.05, 0) is 50.6 Å². The number of esters is 1. The topological polar surface area (TPSA) is 119 Å². The summed E-state index contributed by atoms with van der Waals surface area (Å²) in [5.41, 5.74) is 2.15. The molecule has 4 rings (SSSR count). The number of aryl methyl sites for hydroxylation is 2. The van der Waals surface area contributed by atoms with Crippen molar-refractivity contribution in [2.24, 2.45) is 0 Å². The van der Waals surface area contributed by atoms with E-state index in [9.17, 15) is 19.2 Å². The fraction of sp³-hybridized carbons (Fsp3) is 0.222. The summed E-state index contributed by atoms with van der Waals surface area (Å²) in [6, 6.07) is 14.8. The molecule has 4 aromatic rings. The molecule has 0 saturated carbocycles. The second-order valence-electron chi connectivity index (χ2n) is 8.31. The predicted octanol–water partition coefficient (Wildman–Crippen LogP) is 4.70. The Balaban J connectivity index is 1.76. The molecule has 2 aromatic heterocycles. The molecule has 2 aromatic carbocycles. The Morgan fingerprint density at radius 3 is 2.41 bits per heavy atom. The first kappa shape index (κ1) is 25.8. The monoisotopic (exact) mass is 518 g/mol. The fourth-order valence-corrected chi connectivity index (χ4v) is 4.76. The van der Waals surface area contributed by atoms with E-state index in [2.05, 4.69) is 15.6 Å². The van der Waals surface area contributed by atoms with E-state index >= 15 is 0 Å². The number of anilines is 2. The minimum atomic E-state index is -0.687. The second kappa shape index (κ2) is 11.2. The highest BCUT2D eigenvalue weighted by molar-refractivity contribution is 7.19. The number of ether oxygens (including phenoxy) is 1. The van der Waals surface area contributed by atoms with Gasteiger partial charge in [0.15, 0.2) is 4.96 Å². The number of hydrogen-bond donors (Lipinski definition) is 2. The first-order chi connectivity index (χ1) is 17.8. The zero-order valence-electron chi connectivity index (χ0n) is 20.7. The molecule has 190 valence electrons. The number of nitrogens with one attached hydrogen (secondary N) is 2. The molecule has 0 radical (unpaired) electrons. The third kappa shape index (κ3) is 5.75. The summed E-state index contributed by atoms with van der Waals surface area (Å²) in [5, 5.41) is 5.49. The van der Waals surface area contributed by atoms with E-state index in [1.165, 1.54) is 12.1 Å². The third-order valence-electron chi connectivity index (χ3n) is 5.44. The summed E-state index contributed by atoms with van der Waals surface area (Å²) in [6.07, 6.45) is 1.38. The maximum Gasteiger partial charge on any atom is 0.338 e. The van der Waals surface area contributed by atoms with Crippen molar-refractivity contribution in [3.05, 3.63) is 92.3 Å². The lowest BCUT2D eigenvalue weighted by Crippen LogP contribution is -2.25. The number of carbonyl (C=O) groups excluding carboxylic acids is 3. The van der Waals surface area contributed by atoms with E-state index in [4.69, 9.17) is 4.74 Å². The van der Waals surface area contributed by atoms with Crippen LogP contribution in [-0.4, -0.2) is 33.8 Å². The van der Waals surface area contributed by atoms with Crippen LogP contribution in [0.5, 0.6) is 0 Å². The Morgan fingerprint density at radius 1 is 0.973 bits per heavy atom. The van der Waals surface area contributed by atoms with Crippen LogP contribution in [0, 0.1) is 6.92 Å². The first-order valence-electron chi connectivity index (χ1n) is 11.8. The number of fused-ring (bicyclic) bond motifs is 1. The fourth-order valence-electron chi connectivity index (χ4n) is 3.72. The molecule has 0 fully saturated rings. The summed E-state index contributed by atoms with van der Waals surface area (Å²) in [5.74, 6) is -1.75. The first-order valence-corrected chi connectivity index (χ1v) is 12.6. The van der Waals surface area contributed by atoms with Crippen LogP contribution >= 0.6 is 11.3 Å². The van der Waals surface area contributed by atoms with Crippen molar-refractivity contribution in [3.8, 4) is 0 Å². The highest BCUT2D eigenvalue weighted by Crippen LogP contribution is 2.25. The average Bonchev–Trinajstić information content (AvgIpc) is 3.26. The van der Waals surface area contributed by atoms with Gasteiger partial charge >= 0.3 is 5.97 Å². The molecule has 0 aliphatic rings. The Bertz CT molecular complexity index is 1540. The van der Waals surface area contributed by atoms with Gasteiger partial charge in [-0.15, -0.1) is 0 Å². The Kier molecular flexibility index (Phi) is 7.78. The zero-order valence-corrected chi connectivity index (χ0v) is 21.5. The van der Waals surface area contributed by atoms with Crippen molar-refractivity contribution in [2.75, 3.05) is 17.2 Å². The van der Waals surface area contributed by atoms with Crippen molar-refractivity contribution < 1.29 is 19.1 Å². The molecule has 0 aliphatic heterocycles. The van der Waals surface area contributed by atoms with E-state index in [1.807, 2.05) is 26.0 Å². The van der Waals surface area contributed by atoms with Gasteiger partial charge in [0.25, 0.3) is 17.4 Å². The molecule has 37 heavy (non-hydrogen) atoms. The average molecular weight is 519 g/mol. The number of benzene rings is 2. The molecule has 9 nitrogen and oxygen atoms in total. The molecule has 2 amide bonds. The Hall–Kier alpha value is -4.31. The Labute approximate surface area is 217 Å². The molecule has 2 N–H and O–H groups in total. The number of thiazole rings is 1. The summed E-state index contributed by atoms with van der Waals surface area (Å²) >= 11 is 0.967. The van der Waals surface area contributed by atoms with E-state index in [0.29, 0.717) is 23.5 Å². The molecular formula is C27H26N4O5S. The maximum absolute atomic E-state index is 13.5. The lowest BCUT2D eigenvalue weighted by Gasteiger charge is -2.09. The molecule has 0 atom stereocenters. The van der Waals surface area contributed by atoms with Crippen molar-refractivity contribution in [2.45, 2.75) is 33.6 Å².